The maximum Gasteiger partial charge on any atom is 0.305 e. The molecule has 0 aliphatic heterocycles. The zero-order chi connectivity index (χ0) is 51.4. The number of rotatable bonds is 58. The zero-order valence-corrected chi connectivity index (χ0v) is 47.5. The first-order valence-corrected chi connectivity index (χ1v) is 31.4. The van der Waals surface area contributed by atoms with Gasteiger partial charge in [0.05, 0.1) is 25.4 Å². The Bertz CT molecular complexity index is 1190. The number of esters is 1. The molecule has 3 N–H and O–H groups in total. The third-order valence-corrected chi connectivity index (χ3v) is 14.3. The summed E-state index contributed by atoms with van der Waals surface area (Å²) in [5.74, 6) is -0.0672. The summed E-state index contributed by atoms with van der Waals surface area (Å²) >= 11 is 0. The average molecular weight is 997 g/mol. The number of allylic oxidation sites excluding steroid dienone is 7. The fourth-order valence-corrected chi connectivity index (χ4v) is 9.47. The quantitative estimate of drug-likeness (QED) is 0.0321. The largest absolute Gasteiger partial charge is 0.466 e. The van der Waals surface area contributed by atoms with Gasteiger partial charge < -0.3 is 20.3 Å². The van der Waals surface area contributed by atoms with Crippen LogP contribution in [0, 0.1) is 0 Å². The number of amides is 1. The molecule has 0 aromatic rings. The van der Waals surface area contributed by atoms with Gasteiger partial charge in [-0.15, -0.1) is 0 Å². The van der Waals surface area contributed by atoms with Gasteiger partial charge >= 0.3 is 5.97 Å². The lowest BCUT2D eigenvalue weighted by atomic mass is 10.0. The average Bonchev–Trinajstić information content (AvgIpc) is 3.37. The molecular weight excluding hydrogens is 875 g/mol. The minimum atomic E-state index is -0.843. The highest BCUT2D eigenvalue weighted by molar-refractivity contribution is 5.76. The monoisotopic (exact) mass is 996 g/mol. The molecule has 0 saturated heterocycles. The summed E-state index contributed by atoms with van der Waals surface area (Å²) in [6.07, 6.45) is 77.4. The van der Waals surface area contributed by atoms with Crippen LogP contribution in [0.5, 0.6) is 0 Å². The van der Waals surface area contributed by atoms with Crippen LogP contribution in [0.2, 0.25) is 0 Å². The molecule has 0 radical (unpaired) electrons. The minimum Gasteiger partial charge on any atom is -0.466 e. The number of nitrogens with one attached hydrogen (secondary N) is 1. The van der Waals surface area contributed by atoms with Crippen molar-refractivity contribution in [2.24, 2.45) is 0 Å². The summed E-state index contributed by atoms with van der Waals surface area (Å²) in [6, 6.07) is -0.626. The first-order valence-electron chi connectivity index (χ1n) is 31.4. The highest BCUT2D eigenvalue weighted by Gasteiger charge is 2.18. The molecule has 2 unspecified atom stereocenters. The Hall–Kier alpha value is -2.18. The number of hydrogen-bond acceptors (Lipinski definition) is 5. The molecule has 0 fully saturated rings. The van der Waals surface area contributed by atoms with E-state index in [1.54, 1.807) is 6.08 Å². The van der Waals surface area contributed by atoms with Crippen molar-refractivity contribution in [1.29, 1.82) is 0 Å². The van der Waals surface area contributed by atoms with E-state index >= 15 is 0 Å². The standard InChI is InChI=1S/C65H121NO5/c1-3-5-7-9-11-13-15-16-35-39-43-47-51-55-59-65(70)71-60-56-52-48-44-40-36-33-31-29-27-25-23-21-19-17-18-20-22-24-26-28-30-32-34-38-42-46-50-54-58-64(69)66-62(61-67)63(68)57-53-49-45-41-37-14-12-10-8-6-4-2/h9,11,15-17,19,53,57,62-63,67-68H,3-8,10,12-14,18,20-52,54-56,58-61H2,1-2H3,(H,66,69)/b11-9-,16-15-,19-17-,57-53+. The molecule has 6 heteroatoms. The van der Waals surface area contributed by atoms with Gasteiger partial charge in [0.25, 0.3) is 0 Å². The molecule has 2 atom stereocenters. The van der Waals surface area contributed by atoms with E-state index in [-0.39, 0.29) is 18.5 Å². The first-order chi connectivity index (χ1) is 35.0. The van der Waals surface area contributed by atoms with E-state index in [1.807, 2.05) is 6.08 Å². The number of aliphatic hydroxyl groups excluding tert-OH is 2. The Balaban J connectivity index is 3.38. The van der Waals surface area contributed by atoms with Crippen LogP contribution >= 0.6 is 0 Å². The first kappa shape index (κ1) is 68.8. The Labute approximate surface area is 442 Å². The SMILES string of the molecule is CCCC/C=C\C/C=C\CCCCCCCC(=O)OCCCCCCCCCCCCCC/C=C\CCCCCCCCCCCCCCCC(=O)NC(CO)C(O)/C=C/CCCCCCCCCCC. The van der Waals surface area contributed by atoms with Crippen LogP contribution in [0.25, 0.3) is 0 Å². The fraction of sp³-hybridized carbons (Fsp3) is 0.846. The van der Waals surface area contributed by atoms with Crippen molar-refractivity contribution in [1.82, 2.24) is 5.32 Å². The van der Waals surface area contributed by atoms with Crippen molar-refractivity contribution < 1.29 is 24.5 Å². The minimum absolute atomic E-state index is 0.00106. The summed E-state index contributed by atoms with van der Waals surface area (Å²) in [5, 5.41) is 23.0. The number of hydrogen-bond donors (Lipinski definition) is 3. The lowest BCUT2D eigenvalue weighted by Gasteiger charge is -2.20. The normalized spacial score (nSPS) is 12.9. The van der Waals surface area contributed by atoms with E-state index < -0.39 is 12.1 Å². The molecule has 0 aliphatic carbocycles. The van der Waals surface area contributed by atoms with Gasteiger partial charge in [-0.1, -0.05) is 281 Å². The fourth-order valence-electron chi connectivity index (χ4n) is 9.47. The molecule has 0 saturated carbocycles. The summed E-state index contributed by atoms with van der Waals surface area (Å²) in [6.45, 7) is 4.85. The van der Waals surface area contributed by atoms with Crippen LogP contribution in [-0.4, -0.2) is 47.4 Å². The second-order valence-electron chi connectivity index (χ2n) is 21.4. The van der Waals surface area contributed by atoms with Crippen LogP contribution < -0.4 is 5.32 Å². The predicted molar refractivity (Wildman–Crippen MR) is 310 cm³/mol. The van der Waals surface area contributed by atoms with Crippen molar-refractivity contribution >= 4 is 11.9 Å². The number of unbranched alkanes of at least 4 members (excludes halogenated alkanes) is 41. The molecule has 0 spiro atoms. The van der Waals surface area contributed by atoms with Gasteiger partial charge in [-0.25, -0.2) is 0 Å². The highest BCUT2D eigenvalue weighted by Crippen LogP contribution is 2.17. The van der Waals surface area contributed by atoms with Gasteiger partial charge in [-0.3, -0.25) is 9.59 Å². The summed E-state index contributed by atoms with van der Waals surface area (Å²) in [7, 11) is 0. The molecular formula is C65H121NO5. The van der Waals surface area contributed by atoms with Crippen molar-refractivity contribution in [2.45, 2.75) is 341 Å². The second kappa shape index (κ2) is 60.4. The lowest BCUT2D eigenvalue weighted by Crippen LogP contribution is -2.45. The maximum atomic E-state index is 12.4. The third-order valence-electron chi connectivity index (χ3n) is 14.3. The Morgan fingerprint density at radius 2 is 0.718 bits per heavy atom. The topological polar surface area (TPSA) is 95.9 Å². The summed E-state index contributed by atoms with van der Waals surface area (Å²) < 4.78 is 5.47. The molecule has 0 aromatic carbocycles. The van der Waals surface area contributed by atoms with E-state index in [0.29, 0.717) is 19.4 Å². The van der Waals surface area contributed by atoms with E-state index in [0.717, 1.165) is 51.4 Å². The molecule has 416 valence electrons. The van der Waals surface area contributed by atoms with Gasteiger partial charge in [0.2, 0.25) is 5.91 Å². The smallest absolute Gasteiger partial charge is 0.305 e. The molecule has 0 rings (SSSR count). The van der Waals surface area contributed by atoms with E-state index in [4.69, 9.17) is 4.74 Å². The van der Waals surface area contributed by atoms with Crippen molar-refractivity contribution in [3.05, 3.63) is 48.6 Å². The Morgan fingerprint density at radius 1 is 0.394 bits per heavy atom. The van der Waals surface area contributed by atoms with Crippen LogP contribution in [-0.2, 0) is 14.3 Å². The second-order valence-corrected chi connectivity index (χ2v) is 21.4. The molecule has 1 amide bonds. The van der Waals surface area contributed by atoms with Gasteiger partial charge in [0.1, 0.15) is 0 Å². The highest BCUT2D eigenvalue weighted by atomic mass is 16.5. The summed E-state index contributed by atoms with van der Waals surface area (Å²) in [4.78, 5) is 24.5. The van der Waals surface area contributed by atoms with Crippen LogP contribution in [0.1, 0.15) is 328 Å². The molecule has 6 nitrogen and oxygen atoms in total. The number of carbonyl (C=O) groups is 2. The molecule has 0 bridgehead atoms. The molecule has 0 aromatic heterocycles. The van der Waals surface area contributed by atoms with Crippen LogP contribution in [0.15, 0.2) is 48.6 Å². The predicted octanol–water partition coefficient (Wildman–Crippen LogP) is 19.7. The third kappa shape index (κ3) is 57.0. The zero-order valence-electron chi connectivity index (χ0n) is 47.5. The number of aliphatic hydroxyl groups is 2. The Morgan fingerprint density at radius 3 is 1.13 bits per heavy atom. The maximum absolute atomic E-state index is 12.4. The summed E-state index contributed by atoms with van der Waals surface area (Å²) in [5.41, 5.74) is 0. The van der Waals surface area contributed by atoms with E-state index in [1.165, 1.54) is 250 Å². The van der Waals surface area contributed by atoms with E-state index in [9.17, 15) is 19.8 Å². The molecule has 0 heterocycles. The van der Waals surface area contributed by atoms with Crippen molar-refractivity contribution in [2.75, 3.05) is 13.2 Å². The van der Waals surface area contributed by atoms with Gasteiger partial charge in [-0.05, 0) is 83.5 Å². The number of carbonyl (C=O) groups excluding carboxylic acids is 2. The van der Waals surface area contributed by atoms with Crippen LogP contribution in [0.3, 0.4) is 0 Å². The lowest BCUT2D eigenvalue weighted by molar-refractivity contribution is -0.143. The van der Waals surface area contributed by atoms with E-state index in [2.05, 4.69) is 55.6 Å². The Kier molecular flexibility index (Phi) is 58.5. The molecule has 0 aliphatic rings. The molecule has 71 heavy (non-hydrogen) atoms. The van der Waals surface area contributed by atoms with Gasteiger partial charge in [-0.2, -0.15) is 0 Å². The van der Waals surface area contributed by atoms with Gasteiger partial charge in [0.15, 0.2) is 0 Å². The van der Waals surface area contributed by atoms with Gasteiger partial charge in [0, 0.05) is 12.8 Å². The van der Waals surface area contributed by atoms with Crippen molar-refractivity contribution in [3.63, 3.8) is 0 Å². The van der Waals surface area contributed by atoms with Crippen molar-refractivity contribution in [3.8, 4) is 0 Å². The number of ether oxygens (including phenoxy) is 1. The van der Waals surface area contributed by atoms with Crippen LogP contribution in [0.4, 0.5) is 0 Å².